The smallest absolute Gasteiger partial charge is 0.101 e. The van der Waals surface area contributed by atoms with Gasteiger partial charge in [0.15, 0.2) is 0 Å². The number of nitrogens with zero attached hydrogens (tertiary/aromatic N) is 1. The van der Waals surface area contributed by atoms with Gasteiger partial charge in [-0.25, -0.2) is 0 Å². The predicted molar refractivity (Wildman–Crippen MR) is 86.9 cm³/mol. The maximum atomic E-state index is 6.37. The molecule has 2 aliphatic heterocycles. The van der Waals surface area contributed by atoms with Crippen molar-refractivity contribution in [1.29, 1.82) is 0 Å². The van der Waals surface area contributed by atoms with Gasteiger partial charge in [-0.05, 0) is 41.5 Å². The number of allylic oxidation sites excluding steroid dienone is 2. The van der Waals surface area contributed by atoms with Crippen LogP contribution in [0.2, 0.25) is 5.02 Å². The van der Waals surface area contributed by atoms with Crippen LogP contribution in [0.1, 0.15) is 12.8 Å². The monoisotopic (exact) mass is 312 g/mol. The second-order valence-corrected chi connectivity index (χ2v) is 7.16. The Labute approximate surface area is 125 Å². The summed E-state index contributed by atoms with van der Waals surface area (Å²) in [6.07, 6.45) is 4.09. The summed E-state index contributed by atoms with van der Waals surface area (Å²) in [6.45, 7) is 0.924. The van der Waals surface area contributed by atoms with Crippen LogP contribution in [0, 0.1) is 0 Å². The molecule has 3 rings (SSSR count). The zero-order chi connectivity index (χ0) is 13.2. The Kier molecular flexibility index (Phi) is 3.87. The number of anilines is 1. The molecule has 2 heterocycles. The molecule has 0 radical (unpaired) electrons. The first-order valence-corrected chi connectivity index (χ1v) is 8.40. The van der Waals surface area contributed by atoms with E-state index >= 15 is 0 Å². The van der Waals surface area contributed by atoms with Gasteiger partial charge in [0.25, 0.3) is 0 Å². The number of rotatable bonds is 2. The Hall–Kier alpha value is -0.900. The van der Waals surface area contributed by atoms with Crippen molar-refractivity contribution in [3.05, 3.63) is 45.1 Å². The lowest BCUT2D eigenvalue weighted by Crippen LogP contribution is -2.08. The van der Waals surface area contributed by atoms with Gasteiger partial charge in [0.1, 0.15) is 5.84 Å². The third kappa shape index (κ3) is 2.99. The molecule has 100 valence electrons. The van der Waals surface area contributed by atoms with Gasteiger partial charge in [-0.1, -0.05) is 23.2 Å². The van der Waals surface area contributed by atoms with Crippen LogP contribution in [0.15, 0.2) is 50.0 Å². The molecule has 1 N–H and O–H groups in total. The molecule has 1 aromatic rings. The average Bonchev–Trinajstić information content (AvgIpc) is 3.01. The van der Waals surface area contributed by atoms with Gasteiger partial charge in [-0.3, -0.25) is 4.99 Å². The van der Waals surface area contributed by atoms with Crippen molar-refractivity contribution in [2.45, 2.75) is 17.7 Å². The van der Waals surface area contributed by atoms with Crippen LogP contribution < -0.4 is 5.32 Å². The maximum absolute atomic E-state index is 6.37. The van der Waals surface area contributed by atoms with Crippen LogP contribution in [0.4, 0.5) is 5.69 Å². The van der Waals surface area contributed by atoms with Crippen molar-refractivity contribution in [2.75, 3.05) is 11.9 Å². The molecule has 0 spiro atoms. The van der Waals surface area contributed by atoms with E-state index in [1.54, 1.807) is 0 Å². The minimum absolute atomic E-state index is 0.493. The van der Waals surface area contributed by atoms with Gasteiger partial charge < -0.3 is 5.32 Å². The van der Waals surface area contributed by atoms with E-state index < -0.39 is 10.9 Å². The standard InChI is InChI=1S/C14H14Cl2N2S/c15-10-5-7-19(9-10)13-4-3-11(8-12(13)16)18-14-2-1-6-17-14/h3-5,7-9,19H,1-2,6H2,(H,17,18). The summed E-state index contributed by atoms with van der Waals surface area (Å²) in [5.41, 5.74) is 1.00. The number of aliphatic imine (C=N–C) groups is 1. The first-order chi connectivity index (χ1) is 9.22. The molecule has 0 bridgehead atoms. The van der Waals surface area contributed by atoms with Gasteiger partial charge in [0, 0.05) is 28.6 Å². The van der Waals surface area contributed by atoms with E-state index in [1.165, 1.54) is 0 Å². The number of halogens is 2. The molecule has 0 amide bonds. The molecule has 1 aromatic carbocycles. The summed E-state index contributed by atoms with van der Waals surface area (Å²) in [5.74, 6) is 1.05. The number of hydrogen-bond acceptors (Lipinski definition) is 2. The summed E-state index contributed by atoms with van der Waals surface area (Å²) in [7, 11) is -0.493. The quantitative estimate of drug-likeness (QED) is 0.745. The van der Waals surface area contributed by atoms with Gasteiger partial charge >= 0.3 is 0 Å². The molecule has 5 heteroatoms. The molecule has 1 unspecified atom stereocenters. The Morgan fingerprint density at radius 3 is 2.79 bits per heavy atom. The van der Waals surface area contributed by atoms with Crippen molar-refractivity contribution >= 4 is 45.6 Å². The minimum Gasteiger partial charge on any atom is -0.344 e. The third-order valence-corrected chi connectivity index (χ3v) is 5.85. The average molecular weight is 313 g/mol. The molecule has 19 heavy (non-hydrogen) atoms. The fourth-order valence-electron chi connectivity index (χ4n) is 2.12. The van der Waals surface area contributed by atoms with Gasteiger partial charge in [-0.15, -0.1) is 0 Å². The highest BCUT2D eigenvalue weighted by atomic mass is 35.5. The van der Waals surface area contributed by atoms with Crippen molar-refractivity contribution in [1.82, 2.24) is 0 Å². The van der Waals surface area contributed by atoms with Crippen molar-refractivity contribution in [3.8, 4) is 0 Å². The van der Waals surface area contributed by atoms with Gasteiger partial charge in [0.2, 0.25) is 0 Å². The molecule has 0 fully saturated rings. The SMILES string of the molecule is ClC1=C[SH](c2ccc(NC3=NCCC3)cc2Cl)C=C1. The van der Waals surface area contributed by atoms with E-state index in [1.807, 2.05) is 12.1 Å². The maximum Gasteiger partial charge on any atom is 0.101 e. The number of thiol groups is 1. The van der Waals surface area contributed by atoms with E-state index in [9.17, 15) is 0 Å². The van der Waals surface area contributed by atoms with Gasteiger partial charge in [-0.2, -0.15) is 10.9 Å². The highest BCUT2D eigenvalue weighted by Gasteiger charge is 2.12. The zero-order valence-corrected chi connectivity index (χ0v) is 12.6. The van der Waals surface area contributed by atoms with Crippen molar-refractivity contribution in [3.63, 3.8) is 0 Å². The minimum atomic E-state index is -0.493. The summed E-state index contributed by atoms with van der Waals surface area (Å²) < 4.78 is 0. The fourth-order valence-corrected chi connectivity index (χ4v) is 4.68. The highest BCUT2D eigenvalue weighted by molar-refractivity contribution is 8.22. The van der Waals surface area contributed by atoms with Crippen LogP contribution in [0.25, 0.3) is 0 Å². The molecule has 1 atom stereocenters. The largest absolute Gasteiger partial charge is 0.344 e. The summed E-state index contributed by atoms with van der Waals surface area (Å²) in [6, 6.07) is 6.09. The van der Waals surface area contributed by atoms with E-state index in [0.29, 0.717) is 0 Å². The van der Waals surface area contributed by atoms with Crippen molar-refractivity contribution < 1.29 is 0 Å². The summed E-state index contributed by atoms with van der Waals surface area (Å²) >= 11 is 12.3. The highest BCUT2D eigenvalue weighted by Crippen LogP contribution is 2.48. The molecule has 0 saturated heterocycles. The van der Waals surface area contributed by atoms with Crippen molar-refractivity contribution in [2.24, 2.45) is 4.99 Å². The first-order valence-electron chi connectivity index (χ1n) is 6.16. The van der Waals surface area contributed by atoms with Crippen LogP contribution >= 0.6 is 34.1 Å². The number of amidine groups is 1. The normalized spacial score (nSPS) is 23.4. The van der Waals surface area contributed by atoms with Crippen LogP contribution in [-0.4, -0.2) is 12.4 Å². The molecular formula is C14H14Cl2N2S. The first kappa shape index (κ1) is 13.1. The predicted octanol–water partition coefficient (Wildman–Crippen LogP) is 4.91. The molecule has 0 aliphatic carbocycles. The molecule has 0 aromatic heterocycles. The topological polar surface area (TPSA) is 24.4 Å². The zero-order valence-electron chi connectivity index (χ0n) is 10.2. The van der Waals surface area contributed by atoms with Crippen LogP contribution in [-0.2, 0) is 0 Å². The molecule has 2 nitrogen and oxygen atoms in total. The van der Waals surface area contributed by atoms with Crippen LogP contribution in [0.5, 0.6) is 0 Å². The molecular weight excluding hydrogens is 299 g/mol. The third-order valence-electron chi connectivity index (χ3n) is 3.05. The number of hydrogen-bond donors (Lipinski definition) is 2. The lowest BCUT2D eigenvalue weighted by molar-refractivity contribution is 0.951. The Morgan fingerprint density at radius 1 is 1.26 bits per heavy atom. The second-order valence-electron chi connectivity index (χ2n) is 4.46. The Bertz CT molecular complexity index is 593. The summed E-state index contributed by atoms with van der Waals surface area (Å²) in [5, 5.41) is 9.08. The number of nitrogens with one attached hydrogen (secondary N) is 1. The lowest BCUT2D eigenvalue weighted by atomic mass is 10.3. The van der Waals surface area contributed by atoms with E-state index in [4.69, 9.17) is 23.2 Å². The second kappa shape index (κ2) is 5.61. The Balaban J connectivity index is 1.80. The lowest BCUT2D eigenvalue weighted by Gasteiger charge is -2.14. The van der Waals surface area contributed by atoms with Gasteiger partial charge in [0.05, 0.1) is 5.02 Å². The molecule has 2 aliphatic rings. The fraction of sp³-hybridized carbons (Fsp3) is 0.214. The van der Waals surface area contributed by atoms with Crippen LogP contribution in [0.3, 0.4) is 0 Å². The molecule has 0 saturated carbocycles. The van der Waals surface area contributed by atoms with E-state index in [-0.39, 0.29) is 0 Å². The van der Waals surface area contributed by atoms with E-state index in [2.05, 4.69) is 33.3 Å². The number of benzene rings is 1. The summed E-state index contributed by atoms with van der Waals surface area (Å²) in [4.78, 5) is 5.54. The Morgan fingerprint density at radius 2 is 2.16 bits per heavy atom. The van der Waals surface area contributed by atoms with E-state index in [0.717, 1.165) is 45.9 Å².